The van der Waals surface area contributed by atoms with E-state index in [9.17, 15) is 10.2 Å². The van der Waals surface area contributed by atoms with Gasteiger partial charge in [0.15, 0.2) is 0 Å². The topological polar surface area (TPSA) is 62.0 Å². The first-order valence-corrected chi connectivity index (χ1v) is 4.95. The minimum atomic E-state index is 0.0850. The molecule has 0 amide bonds. The van der Waals surface area contributed by atoms with Crippen molar-refractivity contribution in [3.05, 3.63) is 23.8 Å². The maximum atomic E-state index is 9.61. The number of phenols is 2. The van der Waals surface area contributed by atoms with Gasteiger partial charge in [-0.15, -0.1) is 0 Å². The monoisotopic (exact) mass is 207 g/mol. The Bertz CT molecular complexity index is 401. The molecular formula is C11H13NO3. The van der Waals surface area contributed by atoms with Crippen molar-refractivity contribution >= 4 is 5.71 Å². The fourth-order valence-corrected chi connectivity index (χ4v) is 1.56. The van der Waals surface area contributed by atoms with Crippen LogP contribution in [0.3, 0.4) is 0 Å². The number of oxime groups is 1. The Morgan fingerprint density at radius 1 is 1.47 bits per heavy atom. The summed E-state index contributed by atoms with van der Waals surface area (Å²) in [5, 5.41) is 22.8. The second kappa shape index (κ2) is 3.81. The Morgan fingerprint density at radius 2 is 2.27 bits per heavy atom. The summed E-state index contributed by atoms with van der Waals surface area (Å²) in [4.78, 5) is 5.16. The molecule has 0 fully saturated rings. The zero-order valence-corrected chi connectivity index (χ0v) is 8.47. The van der Waals surface area contributed by atoms with Crippen LogP contribution in [-0.2, 0) is 4.84 Å². The van der Waals surface area contributed by atoms with Gasteiger partial charge in [-0.05, 0) is 24.6 Å². The first-order chi connectivity index (χ1) is 7.20. The fraction of sp³-hybridized carbons (Fsp3) is 0.364. The van der Waals surface area contributed by atoms with Crippen LogP contribution in [0.25, 0.3) is 0 Å². The second-order valence-electron chi connectivity index (χ2n) is 3.58. The minimum Gasteiger partial charge on any atom is -0.508 e. The Kier molecular flexibility index (Phi) is 2.49. The predicted molar refractivity (Wildman–Crippen MR) is 56.1 cm³/mol. The van der Waals surface area contributed by atoms with Crippen molar-refractivity contribution in [3.63, 3.8) is 0 Å². The average Bonchev–Trinajstić information content (AvgIpc) is 2.70. The third kappa shape index (κ3) is 1.88. The van der Waals surface area contributed by atoms with Crippen LogP contribution in [0.2, 0.25) is 0 Å². The molecule has 15 heavy (non-hydrogen) atoms. The smallest absolute Gasteiger partial charge is 0.133 e. The quantitative estimate of drug-likeness (QED) is 0.729. The van der Waals surface area contributed by atoms with Crippen molar-refractivity contribution in [2.24, 2.45) is 5.16 Å². The first kappa shape index (κ1) is 9.83. The van der Waals surface area contributed by atoms with Crippen LogP contribution in [0.4, 0.5) is 0 Å². The summed E-state index contributed by atoms with van der Waals surface area (Å²) in [6.07, 6.45) is 1.64. The van der Waals surface area contributed by atoms with Crippen LogP contribution in [-0.4, -0.2) is 22.0 Å². The summed E-state index contributed by atoms with van der Waals surface area (Å²) < 4.78 is 0. The highest BCUT2D eigenvalue weighted by Gasteiger charge is 2.22. The number of aromatic hydroxyl groups is 2. The van der Waals surface area contributed by atoms with Crippen LogP contribution in [0, 0.1) is 0 Å². The summed E-state index contributed by atoms with van der Waals surface area (Å²) in [6.45, 7) is 2.02. The highest BCUT2D eigenvalue weighted by atomic mass is 16.6. The molecule has 1 aliphatic rings. The number of rotatable bonds is 2. The second-order valence-corrected chi connectivity index (χ2v) is 3.58. The maximum Gasteiger partial charge on any atom is 0.133 e. The molecule has 1 heterocycles. The van der Waals surface area contributed by atoms with Gasteiger partial charge < -0.3 is 15.1 Å². The van der Waals surface area contributed by atoms with E-state index in [4.69, 9.17) is 4.84 Å². The van der Waals surface area contributed by atoms with Crippen molar-refractivity contribution in [3.8, 4) is 11.5 Å². The molecule has 1 aromatic carbocycles. The summed E-state index contributed by atoms with van der Waals surface area (Å²) >= 11 is 0. The van der Waals surface area contributed by atoms with Gasteiger partial charge in [-0.3, -0.25) is 0 Å². The van der Waals surface area contributed by atoms with Gasteiger partial charge >= 0.3 is 0 Å². The number of benzene rings is 1. The Labute approximate surface area is 87.8 Å². The largest absolute Gasteiger partial charge is 0.508 e. The standard InChI is InChI=1S/C11H13NO3/c1-2-8-6-10(12-15-8)9-5-7(13)3-4-11(9)14/h3-5,8,13-14H,2,6H2,1H3. The van der Waals surface area contributed by atoms with E-state index in [1.165, 1.54) is 18.2 Å². The summed E-state index contributed by atoms with van der Waals surface area (Å²) in [7, 11) is 0. The molecule has 1 atom stereocenters. The number of hydrogen-bond donors (Lipinski definition) is 2. The molecule has 0 saturated heterocycles. The molecule has 0 spiro atoms. The molecular weight excluding hydrogens is 194 g/mol. The summed E-state index contributed by atoms with van der Waals surface area (Å²) in [6, 6.07) is 4.38. The fourth-order valence-electron chi connectivity index (χ4n) is 1.56. The summed E-state index contributed by atoms with van der Waals surface area (Å²) in [5.41, 5.74) is 1.24. The predicted octanol–water partition coefficient (Wildman–Crippen LogP) is 2.00. The van der Waals surface area contributed by atoms with E-state index in [1.54, 1.807) is 0 Å². The van der Waals surface area contributed by atoms with E-state index in [2.05, 4.69) is 5.16 Å². The summed E-state index contributed by atoms with van der Waals surface area (Å²) in [5.74, 6) is 0.234. The van der Waals surface area contributed by atoms with Gasteiger partial charge in [0.05, 0.1) is 5.71 Å². The lowest BCUT2D eigenvalue weighted by Crippen LogP contribution is -2.06. The third-order valence-electron chi connectivity index (χ3n) is 2.48. The van der Waals surface area contributed by atoms with Crippen molar-refractivity contribution in [1.82, 2.24) is 0 Å². The molecule has 1 aromatic rings. The van der Waals surface area contributed by atoms with E-state index in [1.807, 2.05) is 6.92 Å². The Hall–Kier alpha value is -1.71. The minimum absolute atomic E-state index is 0.0850. The van der Waals surface area contributed by atoms with E-state index in [0.29, 0.717) is 17.7 Å². The van der Waals surface area contributed by atoms with Gasteiger partial charge in [-0.25, -0.2) is 0 Å². The van der Waals surface area contributed by atoms with Gasteiger partial charge in [0.25, 0.3) is 0 Å². The average molecular weight is 207 g/mol. The van der Waals surface area contributed by atoms with Gasteiger partial charge in [0.2, 0.25) is 0 Å². The van der Waals surface area contributed by atoms with Crippen molar-refractivity contribution < 1.29 is 15.1 Å². The Morgan fingerprint density at radius 3 is 2.93 bits per heavy atom. The van der Waals surface area contributed by atoms with Gasteiger partial charge in [-0.2, -0.15) is 0 Å². The molecule has 1 aliphatic heterocycles. The molecule has 4 heteroatoms. The SMILES string of the molecule is CCC1CC(c2cc(O)ccc2O)=NO1. The molecule has 2 rings (SSSR count). The van der Waals surface area contributed by atoms with Crippen molar-refractivity contribution in [2.45, 2.75) is 25.9 Å². The molecule has 80 valence electrons. The lowest BCUT2D eigenvalue weighted by atomic mass is 10.0. The van der Waals surface area contributed by atoms with Crippen LogP contribution in [0.5, 0.6) is 11.5 Å². The Balaban J connectivity index is 2.27. The molecule has 2 N–H and O–H groups in total. The molecule has 4 nitrogen and oxygen atoms in total. The van der Waals surface area contributed by atoms with Gasteiger partial charge in [0, 0.05) is 12.0 Å². The third-order valence-corrected chi connectivity index (χ3v) is 2.48. The lowest BCUT2D eigenvalue weighted by molar-refractivity contribution is 0.0829. The van der Waals surface area contributed by atoms with Gasteiger partial charge in [-0.1, -0.05) is 12.1 Å². The van der Waals surface area contributed by atoms with E-state index >= 15 is 0 Å². The molecule has 1 unspecified atom stereocenters. The van der Waals surface area contributed by atoms with Crippen LogP contribution >= 0.6 is 0 Å². The van der Waals surface area contributed by atoms with Crippen LogP contribution in [0.15, 0.2) is 23.4 Å². The van der Waals surface area contributed by atoms with Crippen LogP contribution < -0.4 is 0 Å². The molecule has 0 saturated carbocycles. The first-order valence-electron chi connectivity index (χ1n) is 4.95. The molecule has 0 aliphatic carbocycles. The van der Waals surface area contributed by atoms with E-state index in [-0.39, 0.29) is 17.6 Å². The van der Waals surface area contributed by atoms with Crippen LogP contribution in [0.1, 0.15) is 25.3 Å². The lowest BCUT2D eigenvalue weighted by Gasteiger charge is -2.04. The molecule has 0 bridgehead atoms. The zero-order chi connectivity index (χ0) is 10.8. The molecule has 0 radical (unpaired) electrons. The zero-order valence-electron chi connectivity index (χ0n) is 8.47. The van der Waals surface area contributed by atoms with Crippen molar-refractivity contribution in [2.75, 3.05) is 0 Å². The number of hydrogen-bond acceptors (Lipinski definition) is 4. The van der Waals surface area contributed by atoms with Gasteiger partial charge in [0.1, 0.15) is 17.6 Å². The highest BCUT2D eigenvalue weighted by Crippen LogP contribution is 2.27. The van der Waals surface area contributed by atoms with E-state index < -0.39 is 0 Å². The number of nitrogens with zero attached hydrogens (tertiary/aromatic N) is 1. The van der Waals surface area contributed by atoms with Crippen molar-refractivity contribution in [1.29, 1.82) is 0 Å². The number of phenolic OH excluding ortho intramolecular Hbond substituents is 2. The normalized spacial score (nSPS) is 19.8. The highest BCUT2D eigenvalue weighted by molar-refractivity contribution is 6.03. The van der Waals surface area contributed by atoms with E-state index in [0.717, 1.165) is 6.42 Å². The molecule has 0 aromatic heterocycles. The maximum absolute atomic E-state index is 9.61.